The minimum absolute atomic E-state index is 0.111. The third kappa shape index (κ3) is 1.93. The molecule has 0 heterocycles. The van der Waals surface area contributed by atoms with Crippen molar-refractivity contribution in [2.24, 2.45) is 0 Å². The van der Waals surface area contributed by atoms with Gasteiger partial charge in [-0.25, -0.2) is 8.78 Å². The zero-order valence-electron chi connectivity index (χ0n) is 10.2. The molecule has 1 fully saturated rings. The fraction of sp³-hybridized carbons (Fsp3) is 0.538. The maximum Gasteiger partial charge on any atom is 0.166 e. The number of rotatable bonds is 1. The van der Waals surface area contributed by atoms with Crippen LogP contribution in [0.2, 0.25) is 0 Å². The third-order valence-corrected chi connectivity index (χ3v) is 4.55. The number of benzene rings is 1. The van der Waals surface area contributed by atoms with Crippen LogP contribution in [-0.2, 0) is 5.41 Å². The average molecular weight is 252 g/mol. The molecule has 0 aromatic heterocycles. The van der Waals surface area contributed by atoms with Crippen LogP contribution in [0.1, 0.15) is 43.7 Å². The Hall–Kier alpha value is -0.425. The summed E-state index contributed by atoms with van der Waals surface area (Å²) < 4.78 is 27.4. The van der Waals surface area contributed by atoms with E-state index in [1.165, 1.54) is 0 Å². The van der Waals surface area contributed by atoms with Gasteiger partial charge in [0, 0.05) is 5.30 Å². The number of hydrogen-bond donors (Lipinski definition) is 0. The zero-order valence-corrected chi connectivity index (χ0v) is 11.4. The fourth-order valence-electron chi connectivity index (χ4n) is 2.90. The molecule has 2 radical (unpaired) electrons. The molecule has 1 unspecified atom stereocenters. The summed E-state index contributed by atoms with van der Waals surface area (Å²) in [5.41, 5.74) is 1.33. The van der Waals surface area contributed by atoms with Crippen molar-refractivity contribution in [1.29, 1.82) is 0 Å². The summed E-state index contributed by atoms with van der Waals surface area (Å²) >= 11 is 0. The highest BCUT2D eigenvalue weighted by Gasteiger charge is 2.35. The quantitative estimate of drug-likeness (QED) is 0.531. The highest BCUT2D eigenvalue weighted by molar-refractivity contribution is 7.27. The molecule has 0 aliphatic heterocycles. The lowest BCUT2D eigenvalue weighted by Gasteiger charge is -2.30. The summed E-state index contributed by atoms with van der Waals surface area (Å²) in [6.45, 7) is 3.63. The number of hydrogen-bond acceptors (Lipinski definition) is 0. The molecule has 4 heteroatoms. The minimum Gasteiger partial charge on any atom is -0.203 e. The summed E-state index contributed by atoms with van der Waals surface area (Å²) in [6, 6.07) is 0. The van der Waals surface area contributed by atoms with Gasteiger partial charge in [-0.05, 0) is 36.3 Å². The standard InChI is InChI=1S/C13H16BF2P/c1-7-9(14)8(12(17)11(16)10(7)15)13(2)5-3-4-6-13/h3-6,17H2,1-2H3. The lowest BCUT2D eigenvalue weighted by Crippen LogP contribution is -2.36. The SMILES string of the molecule is [B]c1c(C)c(F)c(F)c(P)c1C1(C)CCCC1. The van der Waals surface area contributed by atoms with Crippen LogP contribution in [0.25, 0.3) is 0 Å². The van der Waals surface area contributed by atoms with Crippen molar-refractivity contribution in [1.82, 2.24) is 0 Å². The Morgan fingerprint density at radius 2 is 1.71 bits per heavy atom. The second-order valence-corrected chi connectivity index (χ2v) is 5.80. The normalized spacial score (nSPS) is 18.6. The predicted octanol–water partition coefficient (Wildman–Crippen LogP) is 2.40. The Labute approximate surface area is 105 Å². The van der Waals surface area contributed by atoms with Gasteiger partial charge in [-0.3, -0.25) is 0 Å². The molecule has 2 rings (SSSR count). The van der Waals surface area contributed by atoms with Gasteiger partial charge >= 0.3 is 0 Å². The highest BCUT2D eigenvalue weighted by atomic mass is 31.0. The van der Waals surface area contributed by atoms with Crippen LogP contribution in [-0.4, -0.2) is 7.85 Å². The largest absolute Gasteiger partial charge is 0.203 e. The Balaban J connectivity index is 2.69. The second-order valence-electron chi connectivity index (χ2n) is 5.22. The van der Waals surface area contributed by atoms with Crippen molar-refractivity contribution >= 4 is 27.9 Å². The first-order chi connectivity index (χ1) is 7.88. The topological polar surface area (TPSA) is 0 Å². The summed E-state index contributed by atoms with van der Waals surface area (Å²) in [5, 5.41) is 0.301. The van der Waals surface area contributed by atoms with Gasteiger partial charge in [-0.2, -0.15) is 0 Å². The van der Waals surface area contributed by atoms with E-state index in [1.54, 1.807) is 6.92 Å². The van der Waals surface area contributed by atoms with E-state index in [9.17, 15) is 8.78 Å². The van der Waals surface area contributed by atoms with Gasteiger partial charge < -0.3 is 0 Å². The molecule has 17 heavy (non-hydrogen) atoms. The van der Waals surface area contributed by atoms with Crippen LogP contribution >= 0.6 is 9.24 Å². The van der Waals surface area contributed by atoms with Crippen LogP contribution in [0.15, 0.2) is 0 Å². The van der Waals surface area contributed by atoms with Gasteiger partial charge in [0.15, 0.2) is 11.6 Å². The molecule has 0 amide bonds. The predicted molar refractivity (Wildman–Crippen MR) is 71.6 cm³/mol. The van der Waals surface area contributed by atoms with Gasteiger partial charge in [0.2, 0.25) is 0 Å². The van der Waals surface area contributed by atoms with Gasteiger partial charge in [-0.15, -0.1) is 9.24 Å². The molecular formula is C13H16BF2P. The maximum atomic E-state index is 13.8. The fourth-order valence-corrected chi connectivity index (χ4v) is 3.53. The van der Waals surface area contributed by atoms with E-state index in [0.717, 1.165) is 31.2 Å². The van der Waals surface area contributed by atoms with Crippen molar-refractivity contribution < 1.29 is 8.78 Å². The Morgan fingerprint density at radius 3 is 2.24 bits per heavy atom. The van der Waals surface area contributed by atoms with Gasteiger partial charge in [0.05, 0.1) is 0 Å². The van der Waals surface area contributed by atoms with Gasteiger partial charge in [-0.1, -0.05) is 25.2 Å². The van der Waals surface area contributed by atoms with E-state index in [-0.39, 0.29) is 11.0 Å². The molecule has 0 bridgehead atoms. The molecule has 0 N–H and O–H groups in total. The zero-order chi connectivity index (χ0) is 12.8. The van der Waals surface area contributed by atoms with E-state index in [0.29, 0.717) is 10.8 Å². The molecule has 1 aliphatic carbocycles. The van der Waals surface area contributed by atoms with E-state index in [4.69, 9.17) is 7.85 Å². The average Bonchev–Trinajstić information content (AvgIpc) is 2.71. The second kappa shape index (κ2) is 4.35. The molecule has 90 valence electrons. The Kier molecular flexibility index (Phi) is 3.33. The van der Waals surface area contributed by atoms with E-state index >= 15 is 0 Å². The van der Waals surface area contributed by atoms with E-state index in [2.05, 4.69) is 16.2 Å². The maximum absolute atomic E-state index is 13.8. The molecule has 1 aliphatic rings. The third-order valence-electron chi connectivity index (χ3n) is 4.01. The first-order valence-corrected chi connectivity index (χ1v) is 6.49. The van der Waals surface area contributed by atoms with Gasteiger partial charge in [0.1, 0.15) is 7.85 Å². The molecule has 1 saturated carbocycles. The lowest BCUT2D eigenvalue weighted by atomic mass is 9.72. The smallest absolute Gasteiger partial charge is 0.166 e. The molecule has 0 saturated heterocycles. The highest BCUT2D eigenvalue weighted by Crippen LogP contribution is 2.40. The Morgan fingerprint density at radius 1 is 1.18 bits per heavy atom. The van der Waals surface area contributed by atoms with E-state index < -0.39 is 11.6 Å². The summed E-state index contributed by atoms with van der Waals surface area (Å²) in [7, 11) is 8.31. The lowest BCUT2D eigenvalue weighted by molar-refractivity contribution is 0.479. The molecule has 1 aromatic rings. The van der Waals surface area contributed by atoms with Crippen molar-refractivity contribution in [3.05, 3.63) is 22.8 Å². The first kappa shape index (κ1) is 13.0. The van der Waals surface area contributed by atoms with Crippen molar-refractivity contribution in [2.45, 2.75) is 44.9 Å². The van der Waals surface area contributed by atoms with Crippen LogP contribution in [0.3, 0.4) is 0 Å². The van der Waals surface area contributed by atoms with E-state index in [1.807, 2.05) is 0 Å². The van der Waals surface area contributed by atoms with Crippen molar-refractivity contribution in [3.63, 3.8) is 0 Å². The Bertz CT molecular complexity index is 436. The first-order valence-electron chi connectivity index (χ1n) is 5.91. The van der Waals surface area contributed by atoms with Crippen LogP contribution in [0.5, 0.6) is 0 Å². The van der Waals surface area contributed by atoms with Crippen LogP contribution in [0.4, 0.5) is 8.78 Å². The van der Waals surface area contributed by atoms with Crippen LogP contribution in [0, 0.1) is 18.6 Å². The molecule has 0 spiro atoms. The van der Waals surface area contributed by atoms with Gasteiger partial charge in [0.25, 0.3) is 0 Å². The van der Waals surface area contributed by atoms with Crippen molar-refractivity contribution in [2.75, 3.05) is 0 Å². The molecular weight excluding hydrogens is 236 g/mol. The van der Waals surface area contributed by atoms with Crippen molar-refractivity contribution in [3.8, 4) is 0 Å². The summed E-state index contributed by atoms with van der Waals surface area (Å²) in [5.74, 6) is -1.59. The minimum atomic E-state index is -0.821. The monoisotopic (exact) mass is 252 g/mol. The molecule has 1 aromatic carbocycles. The van der Waals surface area contributed by atoms with Crippen LogP contribution < -0.4 is 10.8 Å². The summed E-state index contributed by atoms with van der Waals surface area (Å²) in [4.78, 5) is 0. The molecule has 1 atom stereocenters. The summed E-state index contributed by atoms with van der Waals surface area (Å²) in [6.07, 6.45) is 4.22. The molecule has 0 nitrogen and oxygen atoms in total. The number of halogens is 2.